The van der Waals surface area contributed by atoms with Gasteiger partial charge in [-0.2, -0.15) is 5.26 Å². The Morgan fingerprint density at radius 1 is 1.42 bits per heavy atom. The standard InChI is InChI=1S/C12H19N3O4/c1-2-19-7-3-5-15-12(18)10(8-13)9-14-6-4-11(16)17/h9,14H,2-7H2,1H3,(H,15,18)(H,16,17)/b10-9-. The molecule has 0 saturated heterocycles. The Morgan fingerprint density at radius 2 is 2.16 bits per heavy atom. The molecule has 19 heavy (non-hydrogen) atoms. The number of nitrogens with zero attached hydrogens (tertiary/aromatic N) is 1. The zero-order chi connectivity index (χ0) is 14.5. The number of amides is 1. The Hall–Kier alpha value is -2.07. The van der Waals surface area contributed by atoms with Crippen LogP contribution in [0, 0.1) is 11.3 Å². The van der Waals surface area contributed by atoms with Crippen LogP contribution in [0.3, 0.4) is 0 Å². The van der Waals surface area contributed by atoms with Crippen LogP contribution in [0.25, 0.3) is 0 Å². The number of nitrogens with one attached hydrogen (secondary N) is 2. The Kier molecular flexibility index (Phi) is 9.84. The fourth-order valence-electron chi connectivity index (χ4n) is 1.12. The van der Waals surface area contributed by atoms with Gasteiger partial charge in [0.1, 0.15) is 11.6 Å². The molecule has 0 aliphatic heterocycles. The van der Waals surface area contributed by atoms with E-state index in [1.165, 1.54) is 6.20 Å². The normalized spacial score (nSPS) is 10.6. The number of carbonyl (C=O) groups excluding carboxylic acids is 1. The summed E-state index contributed by atoms with van der Waals surface area (Å²) in [6.45, 7) is 3.66. The van der Waals surface area contributed by atoms with E-state index in [-0.39, 0.29) is 18.5 Å². The topological polar surface area (TPSA) is 111 Å². The van der Waals surface area contributed by atoms with E-state index in [4.69, 9.17) is 15.1 Å². The zero-order valence-corrected chi connectivity index (χ0v) is 10.9. The Bertz CT molecular complexity index is 360. The molecule has 7 heteroatoms. The Balaban J connectivity index is 3.93. The first kappa shape index (κ1) is 16.9. The molecular formula is C12H19N3O4. The lowest BCUT2D eigenvalue weighted by atomic mass is 10.3. The maximum Gasteiger partial charge on any atom is 0.305 e. The molecule has 0 radical (unpaired) electrons. The zero-order valence-electron chi connectivity index (χ0n) is 10.9. The van der Waals surface area contributed by atoms with Gasteiger partial charge < -0.3 is 20.5 Å². The molecule has 0 aromatic heterocycles. The molecule has 0 bridgehead atoms. The second-order valence-electron chi connectivity index (χ2n) is 3.57. The molecule has 0 aliphatic carbocycles. The van der Waals surface area contributed by atoms with Crippen LogP contribution in [0.15, 0.2) is 11.8 Å². The van der Waals surface area contributed by atoms with Gasteiger partial charge in [-0.25, -0.2) is 0 Å². The fraction of sp³-hybridized carbons (Fsp3) is 0.583. The van der Waals surface area contributed by atoms with E-state index in [0.717, 1.165) is 0 Å². The van der Waals surface area contributed by atoms with Crippen LogP contribution >= 0.6 is 0 Å². The van der Waals surface area contributed by atoms with Crippen LogP contribution < -0.4 is 10.6 Å². The molecule has 0 fully saturated rings. The average Bonchev–Trinajstić information content (AvgIpc) is 2.38. The van der Waals surface area contributed by atoms with Crippen molar-refractivity contribution in [1.82, 2.24) is 10.6 Å². The van der Waals surface area contributed by atoms with E-state index in [2.05, 4.69) is 10.6 Å². The van der Waals surface area contributed by atoms with Gasteiger partial charge in [0, 0.05) is 32.5 Å². The number of hydrogen-bond donors (Lipinski definition) is 3. The SMILES string of the molecule is CCOCCCNC(=O)/C(C#N)=C\NCCC(=O)O. The van der Waals surface area contributed by atoms with Gasteiger partial charge in [-0.3, -0.25) is 9.59 Å². The number of carboxylic acid groups (broad SMARTS) is 1. The predicted octanol–water partition coefficient (Wildman–Crippen LogP) is 0.000980. The fourth-order valence-corrected chi connectivity index (χ4v) is 1.12. The number of ether oxygens (including phenoxy) is 1. The van der Waals surface area contributed by atoms with Crippen molar-refractivity contribution in [3.05, 3.63) is 11.8 Å². The molecule has 0 saturated carbocycles. The molecule has 106 valence electrons. The summed E-state index contributed by atoms with van der Waals surface area (Å²) in [4.78, 5) is 21.8. The van der Waals surface area contributed by atoms with Gasteiger partial charge in [0.2, 0.25) is 0 Å². The van der Waals surface area contributed by atoms with Crippen LogP contribution in [0.4, 0.5) is 0 Å². The minimum atomic E-state index is -0.945. The first-order valence-electron chi connectivity index (χ1n) is 6.03. The lowest BCUT2D eigenvalue weighted by molar-refractivity contribution is -0.136. The van der Waals surface area contributed by atoms with E-state index in [9.17, 15) is 9.59 Å². The van der Waals surface area contributed by atoms with Gasteiger partial charge in [0.15, 0.2) is 0 Å². The lowest BCUT2D eigenvalue weighted by Gasteiger charge is -2.04. The minimum absolute atomic E-state index is 0.0782. The third-order valence-corrected chi connectivity index (χ3v) is 2.05. The highest BCUT2D eigenvalue weighted by atomic mass is 16.5. The van der Waals surface area contributed by atoms with E-state index >= 15 is 0 Å². The largest absolute Gasteiger partial charge is 0.481 e. The van der Waals surface area contributed by atoms with Crippen LogP contribution in [0.2, 0.25) is 0 Å². The lowest BCUT2D eigenvalue weighted by Crippen LogP contribution is -2.27. The molecule has 0 rings (SSSR count). The first-order valence-corrected chi connectivity index (χ1v) is 6.03. The second-order valence-corrected chi connectivity index (χ2v) is 3.57. The van der Waals surface area contributed by atoms with E-state index in [0.29, 0.717) is 26.2 Å². The highest BCUT2D eigenvalue weighted by molar-refractivity contribution is 5.97. The quantitative estimate of drug-likeness (QED) is 0.292. The highest BCUT2D eigenvalue weighted by Gasteiger charge is 2.07. The van der Waals surface area contributed by atoms with Gasteiger partial charge >= 0.3 is 5.97 Å². The number of nitriles is 1. The summed E-state index contributed by atoms with van der Waals surface area (Å²) in [6.07, 6.45) is 1.82. The number of aliphatic carboxylic acids is 1. The van der Waals surface area contributed by atoms with Crippen molar-refractivity contribution in [1.29, 1.82) is 5.26 Å². The van der Waals surface area contributed by atoms with Gasteiger partial charge in [-0.15, -0.1) is 0 Å². The smallest absolute Gasteiger partial charge is 0.305 e. The molecule has 7 nitrogen and oxygen atoms in total. The number of rotatable bonds is 10. The molecule has 0 heterocycles. The molecule has 0 atom stereocenters. The first-order chi connectivity index (χ1) is 9.11. The maximum atomic E-state index is 11.5. The second kappa shape index (κ2) is 11.0. The summed E-state index contributed by atoms with van der Waals surface area (Å²) in [5.41, 5.74) is -0.0817. The monoisotopic (exact) mass is 269 g/mol. The highest BCUT2D eigenvalue weighted by Crippen LogP contribution is 1.91. The van der Waals surface area contributed by atoms with Crippen molar-refractivity contribution >= 4 is 11.9 Å². The minimum Gasteiger partial charge on any atom is -0.481 e. The molecule has 0 spiro atoms. The van der Waals surface area contributed by atoms with Crippen molar-refractivity contribution < 1.29 is 19.4 Å². The molecule has 0 unspecified atom stereocenters. The van der Waals surface area contributed by atoms with Gasteiger partial charge in [-0.05, 0) is 13.3 Å². The molecule has 1 amide bonds. The number of carbonyl (C=O) groups is 2. The van der Waals surface area contributed by atoms with Gasteiger partial charge in [0.25, 0.3) is 5.91 Å². The number of hydrogen-bond acceptors (Lipinski definition) is 5. The third kappa shape index (κ3) is 9.62. The molecule has 0 aromatic carbocycles. The number of carboxylic acids is 1. The van der Waals surface area contributed by atoms with Crippen molar-refractivity contribution in [3.63, 3.8) is 0 Å². The summed E-state index contributed by atoms with van der Waals surface area (Å²) < 4.78 is 5.11. The van der Waals surface area contributed by atoms with E-state index in [1.807, 2.05) is 6.92 Å². The Morgan fingerprint density at radius 3 is 2.74 bits per heavy atom. The molecule has 0 aromatic rings. The van der Waals surface area contributed by atoms with Crippen LogP contribution in [-0.4, -0.2) is 43.3 Å². The molecular weight excluding hydrogens is 250 g/mol. The molecule has 3 N–H and O–H groups in total. The molecule has 0 aliphatic rings. The average molecular weight is 269 g/mol. The summed E-state index contributed by atoms with van der Waals surface area (Å²) in [5, 5.41) is 22.4. The van der Waals surface area contributed by atoms with Crippen LogP contribution in [0.1, 0.15) is 19.8 Å². The van der Waals surface area contributed by atoms with Crippen molar-refractivity contribution in [2.75, 3.05) is 26.3 Å². The maximum absolute atomic E-state index is 11.5. The summed E-state index contributed by atoms with van der Waals surface area (Å²) in [5.74, 6) is -1.43. The van der Waals surface area contributed by atoms with Crippen LogP contribution in [-0.2, 0) is 14.3 Å². The third-order valence-electron chi connectivity index (χ3n) is 2.05. The summed E-state index contributed by atoms with van der Waals surface area (Å²) in [7, 11) is 0. The van der Waals surface area contributed by atoms with Crippen molar-refractivity contribution in [2.45, 2.75) is 19.8 Å². The van der Waals surface area contributed by atoms with Crippen molar-refractivity contribution in [2.24, 2.45) is 0 Å². The summed E-state index contributed by atoms with van der Waals surface area (Å²) >= 11 is 0. The Labute approximate surface area is 112 Å². The van der Waals surface area contributed by atoms with Gasteiger partial charge in [-0.1, -0.05) is 0 Å². The van der Waals surface area contributed by atoms with Gasteiger partial charge in [0.05, 0.1) is 6.42 Å². The van der Waals surface area contributed by atoms with Crippen LogP contribution in [0.5, 0.6) is 0 Å². The van der Waals surface area contributed by atoms with E-state index in [1.54, 1.807) is 6.07 Å². The predicted molar refractivity (Wildman–Crippen MR) is 68.1 cm³/mol. The summed E-state index contributed by atoms with van der Waals surface area (Å²) in [6, 6.07) is 1.75. The van der Waals surface area contributed by atoms with E-state index < -0.39 is 11.9 Å². The van der Waals surface area contributed by atoms with Crippen molar-refractivity contribution in [3.8, 4) is 6.07 Å².